The predicted octanol–water partition coefficient (Wildman–Crippen LogP) is 2.07. The molecule has 4 aliphatic rings. The molecule has 0 heterocycles. The van der Waals surface area contributed by atoms with E-state index in [-0.39, 0.29) is 35.6 Å². The van der Waals surface area contributed by atoms with E-state index in [2.05, 4.69) is 13.5 Å². The van der Waals surface area contributed by atoms with Crippen molar-refractivity contribution in [2.24, 2.45) is 34.0 Å². The number of carbonyl (C=O) groups excluding carboxylic acids is 1. The van der Waals surface area contributed by atoms with Crippen LogP contribution in [-0.4, -0.2) is 39.9 Å². The van der Waals surface area contributed by atoms with Gasteiger partial charge in [0.1, 0.15) is 5.78 Å². The van der Waals surface area contributed by atoms with E-state index < -0.39 is 23.0 Å². The third kappa shape index (κ3) is 1.77. The van der Waals surface area contributed by atoms with Crippen LogP contribution < -0.4 is 0 Å². The van der Waals surface area contributed by atoms with Crippen LogP contribution in [0.15, 0.2) is 12.2 Å². The first-order chi connectivity index (χ1) is 11.2. The highest BCUT2D eigenvalue weighted by Gasteiger charge is 2.70. The van der Waals surface area contributed by atoms with Crippen molar-refractivity contribution in [1.29, 1.82) is 0 Å². The number of aliphatic hydroxyl groups excluding tert-OH is 3. The van der Waals surface area contributed by atoms with Crippen LogP contribution >= 0.6 is 0 Å². The molecule has 0 amide bonds. The number of rotatable bonds is 1. The van der Waals surface area contributed by atoms with Crippen LogP contribution in [0.3, 0.4) is 0 Å². The van der Waals surface area contributed by atoms with Crippen molar-refractivity contribution in [1.82, 2.24) is 0 Å². The Morgan fingerprint density at radius 1 is 1.29 bits per heavy atom. The summed E-state index contributed by atoms with van der Waals surface area (Å²) in [6.45, 7) is 8.18. The fraction of sp³-hybridized carbons (Fsp3) is 0.850. The average Bonchev–Trinajstić information content (AvgIpc) is 2.78. The van der Waals surface area contributed by atoms with E-state index in [1.165, 1.54) is 0 Å². The first kappa shape index (κ1) is 16.7. The molecule has 0 aromatic rings. The second kappa shape index (κ2) is 4.93. The standard InChI is InChI=1S/C20H30O4/c1-11-8-20-9-12(11)6-13(22)17(20)18(2)5-4-15(23)19(3,10-21)14(18)7-16(20)24/h12-15,17,21-23H,1,4-10H2,2-3H3/t12-,13+,14+,15-,17+,18-,19-,20-/m1/s1. The number of carbonyl (C=O) groups is 1. The van der Waals surface area contributed by atoms with Crippen LogP contribution in [0.4, 0.5) is 0 Å². The number of hydrogen-bond acceptors (Lipinski definition) is 4. The van der Waals surface area contributed by atoms with Gasteiger partial charge in [0.2, 0.25) is 0 Å². The Balaban J connectivity index is 1.84. The molecule has 1 spiro atoms. The van der Waals surface area contributed by atoms with Crippen molar-refractivity contribution in [2.75, 3.05) is 6.61 Å². The minimum Gasteiger partial charge on any atom is -0.396 e. The van der Waals surface area contributed by atoms with E-state index in [4.69, 9.17) is 0 Å². The number of fused-ring (bicyclic) bond motifs is 3. The lowest BCUT2D eigenvalue weighted by Gasteiger charge is -2.64. The van der Waals surface area contributed by atoms with Gasteiger partial charge in [0.05, 0.1) is 18.8 Å². The third-order valence-electron chi connectivity index (χ3n) is 8.54. The zero-order valence-corrected chi connectivity index (χ0v) is 14.8. The maximum absolute atomic E-state index is 13.3. The van der Waals surface area contributed by atoms with E-state index in [1.54, 1.807) is 0 Å². The van der Waals surface area contributed by atoms with Crippen LogP contribution in [0.5, 0.6) is 0 Å². The number of aliphatic hydroxyl groups is 3. The summed E-state index contributed by atoms with van der Waals surface area (Å²) < 4.78 is 0. The summed E-state index contributed by atoms with van der Waals surface area (Å²) >= 11 is 0. The van der Waals surface area contributed by atoms with Crippen LogP contribution in [0.1, 0.15) is 52.4 Å². The largest absolute Gasteiger partial charge is 0.396 e. The van der Waals surface area contributed by atoms with Crippen LogP contribution in [-0.2, 0) is 4.79 Å². The molecule has 24 heavy (non-hydrogen) atoms. The summed E-state index contributed by atoms with van der Waals surface area (Å²) in [4.78, 5) is 13.3. The maximum atomic E-state index is 13.3. The Labute approximate surface area is 144 Å². The Morgan fingerprint density at radius 2 is 2.00 bits per heavy atom. The predicted molar refractivity (Wildman–Crippen MR) is 90.1 cm³/mol. The normalized spacial score (nSPS) is 56.8. The number of ketones is 1. The van der Waals surface area contributed by atoms with Gasteiger partial charge >= 0.3 is 0 Å². The summed E-state index contributed by atoms with van der Waals surface area (Å²) in [5, 5.41) is 31.6. The molecule has 4 rings (SSSR count). The molecule has 0 aromatic heterocycles. The summed E-state index contributed by atoms with van der Waals surface area (Å²) in [7, 11) is 0. The van der Waals surface area contributed by atoms with Gasteiger partial charge in [-0.15, -0.1) is 0 Å². The molecule has 0 unspecified atom stereocenters. The number of Topliss-reactive ketones (excluding diaryl/α,β-unsaturated/α-hetero) is 1. The van der Waals surface area contributed by atoms with E-state index in [0.717, 1.165) is 24.8 Å². The van der Waals surface area contributed by atoms with E-state index in [0.29, 0.717) is 19.3 Å². The summed E-state index contributed by atoms with van der Waals surface area (Å²) in [6, 6.07) is 0. The van der Waals surface area contributed by atoms with Crippen LogP contribution in [0.2, 0.25) is 0 Å². The van der Waals surface area contributed by atoms with E-state index in [9.17, 15) is 20.1 Å². The van der Waals surface area contributed by atoms with Crippen LogP contribution in [0, 0.1) is 34.0 Å². The van der Waals surface area contributed by atoms with E-state index >= 15 is 0 Å². The lowest BCUT2D eigenvalue weighted by molar-refractivity contribution is -0.215. The van der Waals surface area contributed by atoms with Crippen molar-refractivity contribution in [3.05, 3.63) is 12.2 Å². The van der Waals surface area contributed by atoms with Gasteiger partial charge < -0.3 is 15.3 Å². The minimum absolute atomic E-state index is 0.0786. The van der Waals surface area contributed by atoms with Gasteiger partial charge in [-0.25, -0.2) is 0 Å². The van der Waals surface area contributed by atoms with Crippen molar-refractivity contribution in [3.8, 4) is 0 Å². The Hall–Kier alpha value is -0.710. The SMILES string of the molecule is C=C1C[C@]23C[C@H]1C[C@H](O)[C@H]2[C@]1(C)CC[C@@H](O)[C@](C)(CO)[C@H]1CC3=O. The molecule has 4 aliphatic carbocycles. The van der Waals surface area contributed by atoms with E-state index in [1.807, 2.05) is 6.92 Å². The van der Waals surface area contributed by atoms with Gasteiger partial charge in [-0.2, -0.15) is 0 Å². The highest BCUT2D eigenvalue weighted by molar-refractivity contribution is 5.88. The molecule has 4 fully saturated rings. The molecule has 2 bridgehead atoms. The molecule has 134 valence electrons. The van der Waals surface area contributed by atoms with Gasteiger partial charge in [-0.3, -0.25) is 4.79 Å². The zero-order chi connectivity index (χ0) is 17.5. The molecule has 4 saturated carbocycles. The Bertz CT molecular complexity index is 600. The van der Waals surface area contributed by atoms with Crippen molar-refractivity contribution < 1.29 is 20.1 Å². The first-order valence-corrected chi connectivity index (χ1v) is 9.37. The Morgan fingerprint density at radius 3 is 2.67 bits per heavy atom. The molecule has 4 nitrogen and oxygen atoms in total. The second-order valence-corrected chi connectivity index (χ2v) is 9.58. The quantitative estimate of drug-likeness (QED) is 0.642. The first-order valence-electron chi connectivity index (χ1n) is 9.37. The molecule has 0 aliphatic heterocycles. The highest BCUT2D eigenvalue weighted by Crippen LogP contribution is 2.70. The van der Waals surface area contributed by atoms with Gasteiger partial charge in [0.25, 0.3) is 0 Å². The third-order valence-corrected chi connectivity index (χ3v) is 8.54. The smallest absolute Gasteiger partial charge is 0.140 e. The van der Waals surface area contributed by atoms with Crippen molar-refractivity contribution in [2.45, 2.75) is 64.6 Å². The molecular weight excluding hydrogens is 304 g/mol. The summed E-state index contributed by atoms with van der Waals surface area (Å²) in [5.41, 5.74) is -0.216. The van der Waals surface area contributed by atoms with Crippen molar-refractivity contribution >= 4 is 5.78 Å². The lowest BCUT2D eigenvalue weighted by Crippen LogP contribution is -2.66. The molecule has 3 N–H and O–H groups in total. The number of hydrogen-bond donors (Lipinski definition) is 3. The fourth-order valence-corrected chi connectivity index (χ4v) is 7.33. The fourth-order valence-electron chi connectivity index (χ4n) is 7.33. The summed E-state index contributed by atoms with van der Waals surface area (Å²) in [6.07, 6.45) is 3.04. The topological polar surface area (TPSA) is 77.8 Å². The van der Waals surface area contributed by atoms with Crippen LogP contribution in [0.25, 0.3) is 0 Å². The molecule has 4 heteroatoms. The maximum Gasteiger partial charge on any atom is 0.140 e. The average molecular weight is 334 g/mol. The lowest BCUT2D eigenvalue weighted by atomic mass is 9.39. The summed E-state index contributed by atoms with van der Waals surface area (Å²) in [5.74, 6) is 0.344. The second-order valence-electron chi connectivity index (χ2n) is 9.58. The highest BCUT2D eigenvalue weighted by atomic mass is 16.3. The van der Waals surface area contributed by atoms with Gasteiger partial charge in [-0.1, -0.05) is 26.0 Å². The monoisotopic (exact) mass is 334 g/mol. The molecule has 0 radical (unpaired) electrons. The van der Waals surface area contributed by atoms with Gasteiger partial charge in [0, 0.05) is 23.2 Å². The van der Waals surface area contributed by atoms with Gasteiger partial charge in [0.15, 0.2) is 0 Å². The molecule has 0 aromatic carbocycles. The minimum atomic E-state index is -0.670. The molecular formula is C20H30O4. The van der Waals surface area contributed by atoms with Gasteiger partial charge in [-0.05, 0) is 49.4 Å². The van der Waals surface area contributed by atoms with Crippen molar-refractivity contribution in [3.63, 3.8) is 0 Å². The molecule has 0 saturated heterocycles. The number of allylic oxidation sites excluding steroid dienone is 1. The zero-order valence-electron chi connectivity index (χ0n) is 14.8. The Kier molecular flexibility index (Phi) is 3.44. The molecule has 8 atom stereocenters.